The second-order valence-electron chi connectivity index (χ2n) is 10.3. The van der Waals surface area contributed by atoms with Crippen LogP contribution in [0.25, 0.3) is 0 Å². The SMILES string of the molecule is C1=CC2CCC1C2.C1=CC2CCC1C2.CC.CC.CCCP(=O)(CC)CC.CCCP(=O)(CC)CC. The van der Waals surface area contributed by atoms with Gasteiger partial charge in [-0.2, -0.15) is 0 Å². The summed E-state index contributed by atoms with van der Waals surface area (Å²) >= 11 is 0. The van der Waals surface area contributed by atoms with E-state index in [9.17, 15) is 9.13 Å². The first-order valence-electron chi connectivity index (χ1n) is 15.8. The first kappa shape index (κ1) is 38.1. The van der Waals surface area contributed by atoms with Gasteiger partial charge in [0.1, 0.15) is 0 Å². The summed E-state index contributed by atoms with van der Waals surface area (Å²) in [6, 6.07) is 0. The van der Waals surface area contributed by atoms with Gasteiger partial charge in [0, 0.05) is 12.3 Å². The average molecular weight is 545 g/mol. The van der Waals surface area contributed by atoms with E-state index in [0.29, 0.717) is 0 Å². The summed E-state index contributed by atoms with van der Waals surface area (Å²) in [4.78, 5) is 0. The van der Waals surface area contributed by atoms with Crippen LogP contribution in [0.15, 0.2) is 24.3 Å². The van der Waals surface area contributed by atoms with Crippen molar-refractivity contribution in [3.63, 3.8) is 0 Å². The van der Waals surface area contributed by atoms with Crippen LogP contribution in [0.5, 0.6) is 0 Å². The van der Waals surface area contributed by atoms with Crippen LogP contribution in [0, 0.1) is 23.7 Å². The Hall–Kier alpha value is -0.0600. The third-order valence-electron chi connectivity index (χ3n) is 7.91. The summed E-state index contributed by atoms with van der Waals surface area (Å²) in [5.74, 6) is 3.96. The van der Waals surface area contributed by atoms with Gasteiger partial charge in [-0.3, -0.25) is 0 Å². The molecule has 0 heterocycles. The Kier molecular flexibility index (Phi) is 24.2. The minimum Gasteiger partial charge on any atom is -0.324 e. The molecule has 0 spiro atoms. The van der Waals surface area contributed by atoms with Gasteiger partial charge in [-0.1, -0.05) is 93.5 Å². The van der Waals surface area contributed by atoms with Crippen molar-refractivity contribution in [3.05, 3.63) is 24.3 Å². The Morgan fingerprint density at radius 1 is 0.500 bits per heavy atom. The van der Waals surface area contributed by atoms with E-state index in [0.717, 1.165) is 73.5 Å². The Morgan fingerprint density at radius 3 is 0.778 bits per heavy atom. The van der Waals surface area contributed by atoms with Crippen molar-refractivity contribution in [2.24, 2.45) is 23.7 Å². The summed E-state index contributed by atoms with van der Waals surface area (Å²) in [5, 5.41) is 0. The molecule has 0 aromatic rings. The molecule has 2 saturated carbocycles. The summed E-state index contributed by atoms with van der Waals surface area (Å²) in [7, 11) is -3.36. The predicted molar refractivity (Wildman–Crippen MR) is 170 cm³/mol. The van der Waals surface area contributed by atoms with Crippen molar-refractivity contribution in [3.8, 4) is 0 Å². The van der Waals surface area contributed by atoms with E-state index >= 15 is 0 Å². The van der Waals surface area contributed by atoms with Gasteiger partial charge in [0.2, 0.25) is 0 Å². The van der Waals surface area contributed by atoms with Crippen molar-refractivity contribution in [1.29, 1.82) is 0 Å². The fourth-order valence-electron chi connectivity index (χ4n) is 5.33. The maximum absolute atomic E-state index is 11.6. The zero-order valence-electron chi connectivity index (χ0n) is 26.2. The van der Waals surface area contributed by atoms with Crippen molar-refractivity contribution in [2.75, 3.05) is 37.0 Å². The lowest BCUT2D eigenvalue weighted by atomic mass is 10.1. The molecular weight excluding hydrogens is 478 g/mol. The smallest absolute Gasteiger partial charge is 0.0872 e. The molecular formula is C32H66O2P2. The highest BCUT2D eigenvalue weighted by molar-refractivity contribution is 7.64. The second-order valence-corrected chi connectivity index (χ2v) is 17.9. The van der Waals surface area contributed by atoms with Gasteiger partial charge in [-0.05, 0) is 99.7 Å². The molecule has 4 rings (SSSR count). The lowest BCUT2D eigenvalue weighted by Crippen LogP contribution is -1.93. The molecule has 0 radical (unpaired) electrons. The van der Waals surface area contributed by atoms with Crippen LogP contribution in [0.1, 0.15) is 121 Å². The van der Waals surface area contributed by atoms with Gasteiger partial charge in [-0.25, -0.2) is 0 Å². The number of hydrogen-bond acceptors (Lipinski definition) is 2. The third-order valence-corrected chi connectivity index (χ3v) is 15.0. The molecule has 4 aliphatic carbocycles. The molecule has 4 unspecified atom stereocenters. The fraction of sp³-hybridized carbons (Fsp3) is 0.875. The molecule has 0 amide bonds. The molecule has 216 valence electrons. The first-order valence-corrected chi connectivity index (χ1v) is 20.3. The second kappa shape index (κ2) is 22.9. The Labute approximate surface area is 228 Å². The first-order chi connectivity index (χ1) is 17.3. The zero-order valence-corrected chi connectivity index (χ0v) is 28.0. The normalized spacial score (nSPS) is 24.1. The van der Waals surface area contributed by atoms with E-state index in [4.69, 9.17) is 0 Å². The van der Waals surface area contributed by atoms with E-state index in [2.05, 4.69) is 38.2 Å². The molecule has 2 nitrogen and oxygen atoms in total. The molecule has 2 fully saturated rings. The zero-order chi connectivity index (χ0) is 28.0. The van der Waals surface area contributed by atoms with E-state index in [-0.39, 0.29) is 0 Å². The molecule has 4 atom stereocenters. The molecule has 0 aromatic heterocycles. The van der Waals surface area contributed by atoms with Gasteiger partial charge in [0.05, 0.1) is 14.3 Å². The molecule has 4 aliphatic rings. The summed E-state index contributed by atoms with van der Waals surface area (Å²) in [5.41, 5.74) is 0. The Balaban J connectivity index is 0. The van der Waals surface area contributed by atoms with Crippen LogP contribution in [0.3, 0.4) is 0 Å². The molecule has 0 aliphatic heterocycles. The maximum atomic E-state index is 11.6. The highest BCUT2D eigenvalue weighted by Gasteiger charge is 2.26. The van der Waals surface area contributed by atoms with Gasteiger partial charge in [-0.15, -0.1) is 0 Å². The molecule has 4 heteroatoms. The standard InChI is InChI=1S/2C7H17OP.2C7H10.2C2H6/c2*1-4-7-9(8,5-2)6-3;2*1-2-7-4-3-6(1)5-7;2*1-2/h2*4-7H2,1-3H3;2*1-2,6-7H,3-5H2;2*1-2H3. The summed E-state index contributed by atoms with van der Waals surface area (Å²) in [6.45, 7) is 20.3. The number of hydrogen-bond donors (Lipinski definition) is 0. The van der Waals surface area contributed by atoms with Crippen LogP contribution in [-0.2, 0) is 9.13 Å². The molecule has 0 aromatic carbocycles. The highest BCUT2D eigenvalue weighted by atomic mass is 31.2. The van der Waals surface area contributed by atoms with E-state index < -0.39 is 14.3 Å². The fourth-order valence-corrected chi connectivity index (χ4v) is 9.12. The monoisotopic (exact) mass is 544 g/mol. The van der Waals surface area contributed by atoms with Crippen LogP contribution < -0.4 is 0 Å². The largest absolute Gasteiger partial charge is 0.324 e. The van der Waals surface area contributed by atoms with Crippen molar-refractivity contribution < 1.29 is 9.13 Å². The van der Waals surface area contributed by atoms with Gasteiger partial charge < -0.3 is 9.13 Å². The highest BCUT2D eigenvalue weighted by Crippen LogP contribution is 2.45. The minimum absolute atomic E-state index is 0.886. The third kappa shape index (κ3) is 16.0. The quantitative estimate of drug-likeness (QED) is 0.225. The lowest BCUT2D eigenvalue weighted by Gasteiger charge is -2.11. The van der Waals surface area contributed by atoms with Crippen molar-refractivity contribution in [1.82, 2.24) is 0 Å². The minimum atomic E-state index is -1.68. The van der Waals surface area contributed by atoms with E-state index in [1.165, 1.54) is 38.5 Å². The van der Waals surface area contributed by atoms with Crippen LogP contribution in [0.2, 0.25) is 0 Å². The molecule has 4 bridgehead atoms. The average Bonchev–Trinajstić information content (AvgIpc) is 3.77. The molecule has 0 saturated heterocycles. The van der Waals surface area contributed by atoms with Crippen molar-refractivity contribution >= 4 is 14.3 Å². The number of allylic oxidation sites excluding steroid dienone is 4. The van der Waals surface area contributed by atoms with E-state index in [1.54, 1.807) is 0 Å². The van der Waals surface area contributed by atoms with Crippen LogP contribution in [0.4, 0.5) is 0 Å². The van der Waals surface area contributed by atoms with Gasteiger partial charge in [0.15, 0.2) is 0 Å². The summed E-state index contributed by atoms with van der Waals surface area (Å²) < 4.78 is 23.1. The lowest BCUT2D eigenvalue weighted by molar-refractivity contribution is 0.574. The van der Waals surface area contributed by atoms with Crippen LogP contribution >= 0.6 is 14.3 Å². The van der Waals surface area contributed by atoms with Crippen LogP contribution in [-0.4, -0.2) is 37.0 Å². The van der Waals surface area contributed by atoms with Crippen molar-refractivity contribution in [2.45, 2.75) is 121 Å². The molecule has 0 N–H and O–H groups in total. The number of rotatable bonds is 8. The Morgan fingerprint density at radius 2 is 0.722 bits per heavy atom. The maximum Gasteiger partial charge on any atom is 0.0872 e. The number of fused-ring (bicyclic) bond motifs is 4. The van der Waals surface area contributed by atoms with Gasteiger partial charge >= 0.3 is 0 Å². The van der Waals surface area contributed by atoms with E-state index in [1.807, 2.05) is 55.4 Å². The Bertz CT molecular complexity index is 557. The predicted octanol–water partition coefficient (Wildman–Crippen LogP) is 11.6. The summed E-state index contributed by atoms with van der Waals surface area (Å²) in [6.07, 6.45) is 25.9. The molecule has 36 heavy (non-hydrogen) atoms. The van der Waals surface area contributed by atoms with Gasteiger partial charge in [0.25, 0.3) is 0 Å². The topological polar surface area (TPSA) is 34.1 Å².